The minimum atomic E-state index is -3.61. The van der Waals surface area contributed by atoms with Crippen molar-refractivity contribution in [3.63, 3.8) is 0 Å². The van der Waals surface area contributed by atoms with Crippen LogP contribution in [0.15, 0.2) is 34.0 Å². The molecule has 2 aromatic heterocycles. The molecule has 0 atom stereocenters. The number of nitrogens with zero attached hydrogens (tertiary/aromatic N) is 3. The van der Waals surface area contributed by atoms with Gasteiger partial charge in [-0.15, -0.1) is 11.3 Å². The summed E-state index contributed by atoms with van der Waals surface area (Å²) in [5, 5.41) is 5.45. The molecule has 3 aromatic rings. The molecule has 0 aliphatic heterocycles. The fourth-order valence-electron chi connectivity index (χ4n) is 1.66. The molecule has 0 spiro atoms. The SMILES string of the molecule is Cc1ccc2sc(S(=O)(=O)C(Br)(Br)Br)nc2c1.O=S(=O)(c1ncn[nH]1)C(Br)(Br)Br. The van der Waals surface area contributed by atoms with E-state index >= 15 is 0 Å². The summed E-state index contributed by atoms with van der Waals surface area (Å²) in [6.07, 6.45) is 1.12. The van der Waals surface area contributed by atoms with E-state index in [1.165, 1.54) is 0 Å². The maximum absolute atomic E-state index is 12.1. The van der Waals surface area contributed by atoms with Crippen molar-refractivity contribution >= 4 is 137 Å². The highest BCUT2D eigenvalue weighted by molar-refractivity contribution is 9.42. The number of fused-ring (bicyclic) bond motifs is 1. The largest absolute Gasteiger partial charge is 0.250 e. The molecule has 0 saturated heterocycles. The third-order valence-electron chi connectivity index (χ3n) is 3.01. The van der Waals surface area contributed by atoms with Crippen LogP contribution in [-0.2, 0) is 19.7 Å². The van der Waals surface area contributed by atoms with E-state index in [1.807, 2.05) is 25.1 Å². The molecule has 0 saturated carbocycles. The van der Waals surface area contributed by atoms with E-state index in [4.69, 9.17) is 0 Å². The number of hydrogen-bond acceptors (Lipinski definition) is 8. The lowest BCUT2D eigenvalue weighted by atomic mass is 10.2. The van der Waals surface area contributed by atoms with E-state index in [9.17, 15) is 16.8 Å². The zero-order chi connectivity index (χ0) is 22.3. The zero-order valence-corrected chi connectivity index (χ0v) is 25.7. The van der Waals surface area contributed by atoms with Gasteiger partial charge in [0.25, 0.3) is 0 Å². The summed E-state index contributed by atoms with van der Waals surface area (Å²) >= 11 is 18.8. The van der Waals surface area contributed by atoms with E-state index in [-0.39, 0.29) is 9.50 Å². The van der Waals surface area contributed by atoms with Crippen LogP contribution in [0.25, 0.3) is 10.2 Å². The Morgan fingerprint density at radius 1 is 0.966 bits per heavy atom. The monoisotopic (exact) mass is 841 g/mol. The summed E-state index contributed by atoms with van der Waals surface area (Å²) in [7, 11) is -7.21. The lowest BCUT2D eigenvalue weighted by Crippen LogP contribution is -2.19. The Labute approximate surface area is 220 Å². The van der Waals surface area contributed by atoms with E-state index in [2.05, 4.69) is 116 Å². The lowest BCUT2D eigenvalue weighted by Gasteiger charge is -2.09. The highest BCUT2D eigenvalue weighted by Gasteiger charge is 2.40. The van der Waals surface area contributed by atoms with Gasteiger partial charge in [0.15, 0.2) is 0 Å². The number of sulfone groups is 2. The van der Waals surface area contributed by atoms with Crippen LogP contribution in [0.1, 0.15) is 5.56 Å². The first-order valence-electron chi connectivity index (χ1n) is 6.92. The Bertz CT molecular complexity index is 1210. The van der Waals surface area contributed by atoms with Crippen LogP contribution in [0.3, 0.4) is 0 Å². The van der Waals surface area contributed by atoms with Gasteiger partial charge in [0.2, 0.25) is 32.1 Å². The number of H-pyrrole nitrogens is 1. The maximum Gasteiger partial charge on any atom is 0.249 e. The van der Waals surface area contributed by atoms with Gasteiger partial charge in [-0.2, -0.15) is 5.10 Å². The fraction of sp³-hybridized carbons (Fsp3) is 0.250. The second-order valence-electron chi connectivity index (χ2n) is 5.14. The minimum Gasteiger partial charge on any atom is -0.250 e. The summed E-state index contributed by atoms with van der Waals surface area (Å²) in [6, 6.07) is 5.67. The summed E-state index contributed by atoms with van der Waals surface area (Å²) in [5.74, 6) is 0. The maximum atomic E-state index is 12.1. The normalized spacial score (nSPS) is 13.2. The smallest absolute Gasteiger partial charge is 0.249 e. The topological polar surface area (TPSA) is 123 Å². The van der Waals surface area contributed by atoms with Gasteiger partial charge in [0, 0.05) is 0 Å². The second kappa shape index (κ2) is 9.49. The first-order chi connectivity index (χ1) is 13.1. The molecule has 160 valence electrons. The van der Waals surface area contributed by atoms with E-state index in [0.717, 1.165) is 27.9 Å². The van der Waals surface area contributed by atoms with Gasteiger partial charge in [-0.25, -0.2) is 31.9 Å². The lowest BCUT2D eigenvalue weighted by molar-refractivity contribution is 0.590. The van der Waals surface area contributed by atoms with Crippen LogP contribution < -0.4 is 0 Å². The molecule has 8 nitrogen and oxygen atoms in total. The van der Waals surface area contributed by atoms with Crippen LogP contribution in [0.4, 0.5) is 0 Å². The number of hydrogen-bond donors (Lipinski definition) is 1. The summed E-state index contributed by atoms with van der Waals surface area (Å²) in [4.78, 5) is 7.66. The molecule has 1 aromatic carbocycles. The van der Waals surface area contributed by atoms with Crippen LogP contribution in [0.5, 0.6) is 0 Å². The summed E-state index contributed by atoms with van der Waals surface area (Å²) in [6.45, 7) is 1.94. The minimum absolute atomic E-state index is 0.0729. The first kappa shape index (κ1) is 26.3. The summed E-state index contributed by atoms with van der Waals surface area (Å²) < 4.78 is 45.3. The number of rotatable bonds is 2. The molecule has 3 rings (SSSR count). The molecule has 1 N–H and O–H groups in total. The second-order valence-corrected chi connectivity index (χ2v) is 27.1. The van der Waals surface area contributed by atoms with Gasteiger partial charge in [0.05, 0.1) is 10.2 Å². The number of halogens is 6. The fourth-order valence-corrected chi connectivity index (χ4v) is 8.14. The number of aryl methyl sites for hydroxylation is 1. The molecular formula is C12H8Br6N4O4S3. The van der Waals surface area contributed by atoms with E-state index in [1.54, 1.807) is 0 Å². The van der Waals surface area contributed by atoms with Crippen LogP contribution in [0.2, 0.25) is 0 Å². The van der Waals surface area contributed by atoms with Gasteiger partial charge in [-0.05, 0) is 120 Å². The molecule has 0 bridgehead atoms. The molecule has 0 aliphatic rings. The van der Waals surface area contributed by atoms with E-state index < -0.39 is 22.6 Å². The van der Waals surface area contributed by atoms with Crippen molar-refractivity contribution in [1.82, 2.24) is 20.2 Å². The van der Waals surface area contributed by atoms with Gasteiger partial charge in [0.1, 0.15) is 6.33 Å². The van der Waals surface area contributed by atoms with Crippen molar-refractivity contribution in [2.75, 3.05) is 0 Å². The molecular weight excluding hydrogens is 840 g/mol. The average molecular weight is 848 g/mol. The number of benzene rings is 1. The van der Waals surface area contributed by atoms with Gasteiger partial charge in [-0.1, -0.05) is 6.07 Å². The van der Waals surface area contributed by atoms with Crippen molar-refractivity contribution in [1.29, 1.82) is 0 Å². The molecule has 0 fully saturated rings. The van der Waals surface area contributed by atoms with Crippen molar-refractivity contribution < 1.29 is 16.8 Å². The molecule has 0 unspecified atom stereocenters. The Morgan fingerprint density at radius 2 is 1.55 bits per heavy atom. The van der Waals surface area contributed by atoms with Crippen LogP contribution in [0, 0.1) is 6.92 Å². The average Bonchev–Trinajstić information content (AvgIpc) is 3.23. The molecule has 0 radical (unpaired) electrons. The molecule has 0 amide bonds. The van der Waals surface area contributed by atoms with Gasteiger partial charge in [-0.3, -0.25) is 0 Å². The Kier molecular flexibility index (Phi) is 8.60. The van der Waals surface area contributed by atoms with Crippen LogP contribution in [-0.4, -0.2) is 40.0 Å². The quantitative estimate of drug-likeness (QED) is 0.336. The predicted molar refractivity (Wildman–Crippen MR) is 134 cm³/mol. The number of alkyl halides is 6. The Morgan fingerprint density at radius 3 is 2.03 bits per heavy atom. The number of aromatic amines is 1. The summed E-state index contributed by atoms with van der Waals surface area (Å²) in [5.41, 5.74) is 1.75. The van der Waals surface area contributed by atoms with Gasteiger partial charge < -0.3 is 0 Å². The van der Waals surface area contributed by atoms with Crippen molar-refractivity contribution in [2.45, 2.75) is 19.4 Å². The Hall–Kier alpha value is 1.03. The molecule has 2 heterocycles. The third-order valence-corrected chi connectivity index (χ3v) is 14.9. The van der Waals surface area contributed by atoms with Crippen molar-refractivity contribution in [3.05, 3.63) is 30.1 Å². The highest BCUT2D eigenvalue weighted by Crippen LogP contribution is 2.45. The van der Waals surface area contributed by atoms with Gasteiger partial charge >= 0.3 is 0 Å². The Balaban J connectivity index is 0.000000221. The standard InChI is InChI=1S/C9H6Br3NO2S2.C3H2Br3N3O2S/c1-5-2-3-7-6(4-5)13-8(16-7)17(14,15)9(10,11)12;4-3(5,6)12(10,11)2-7-1-8-9-2/h2-4H,1H3;1H,(H,7,8,9). The predicted octanol–water partition coefficient (Wildman–Crippen LogP) is 5.55. The molecule has 29 heavy (non-hydrogen) atoms. The molecule has 17 heteroatoms. The zero-order valence-electron chi connectivity index (χ0n) is 13.8. The van der Waals surface area contributed by atoms with Crippen molar-refractivity contribution in [3.8, 4) is 0 Å². The van der Waals surface area contributed by atoms with E-state index in [0.29, 0.717) is 5.52 Å². The first-order valence-corrected chi connectivity index (χ1v) is 15.5. The number of nitrogens with one attached hydrogen (secondary N) is 1. The van der Waals surface area contributed by atoms with Crippen molar-refractivity contribution in [2.24, 2.45) is 0 Å². The number of aromatic nitrogens is 4. The number of thiazole rings is 1. The molecule has 0 aliphatic carbocycles. The van der Waals surface area contributed by atoms with Crippen LogP contribution >= 0.6 is 107 Å². The third kappa shape index (κ3) is 6.09. The highest BCUT2D eigenvalue weighted by atomic mass is 80.0.